The first kappa shape index (κ1) is 21.4. The number of amides is 1. The molecular weight excluding hydrogens is 485 g/mol. The molecule has 0 aliphatic carbocycles. The number of nitro benzene ring substituents is 1. The van der Waals surface area contributed by atoms with E-state index in [1.807, 2.05) is 25.1 Å². The summed E-state index contributed by atoms with van der Waals surface area (Å²) in [5, 5.41) is 15.0. The maximum atomic E-state index is 13.0. The fourth-order valence-corrected chi connectivity index (χ4v) is 5.11. The Balaban J connectivity index is 1.50. The van der Waals surface area contributed by atoms with E-state index >= 15 is 0 Å². The summed E-state index contributed by atoms with van der Waals surface area (Å²) in [6.07, 6.45) is 0. The first-order valence-electron chi connectivity index (χ1n) is 9.65. The molecule has 0 unspecified atom stereocenters. The van der Waals surface area contributed by atoms with Crippen molar-refractivity contribution < 1.29 is 14.1 Å². The minimum absolute atomic E-state index is 0.107. The second-order valence-electron chi connectivity index (χ2n) is 7.30. The van der Waals surface area contributed by atoms with Crippen molar-refractivity contribution in [3.63, 3.8) is 0 Å². The maximum absolute atomic E-state index is 13.0. The zero-order valence-corrected chi connectivity index (χ0v) is 19.2. The third-order valence-electron chi connectivity index (χ3n) is 5.04. The van der Waals surface area contributed by atoms with E-state index in [1.54, 1.807) is 24.3 Å². The lowest BCUT2D eigenvalue weighted by Gasteiger charge is -2.08. The van der Waals surface area contributed by atoms with E-state index in [1.165, 1.54) is 12.1 Å². The molecule has 1 N–H and O–H groups in total. The summed E-state index contributed by atoms with van der Waals surface area (Å²) in [6, 6.07) is 15.3. The molecule has 0 saturated carbocycles. The molecule has 0 fully saturated rings. The molecule has 0 bridgehead atoms. The van der Waals surface area contributed by atoms with Crippen molar-refractivity contribution in [3.05, 3.63) is 85.2 Å². The lowest BCUT2D eigenvalue weighted by atomic mass is 10.2. The quantitative estimate of drug-likeness (QED) is 0.205. The maximum Gasteiger partial charge on any atom is 0.287 e. The van der Waals surface area contributed by atoms with Gasteiger partial charge >= 0.3 is 0 Å². The number of nitrogens with zero attached hydrogens (tertiary/aromatic N) is 2. The van der Waals surface area contributed by atoms with Crippen LogP contribution in [0.25, 0.3) is 32.6 Å². The number of anilines is 1. The Kier molecular flexibility index (Phi) is 5.28. The fourth-order valence-electron chi connectivity index (χ4n) is 3.46. The lowest BCUT2D eigenvalue weighted by molar-refractivity contribution is -0.382. The van der Waals surface area contributed by atoms with E-state index < -0.39 is 10.8 Å². The molecule has 10 heteroatoms. The number of nitrogens with one attached hydrogen (secondary N) is 1. The number of hydrogen-bond acceptors (Lipinski definition) is 6. The van der Waals surface area contributed by atoms with Gasteiger partial charge in [-0.2, -0.15) is 0 Å². The second kappa shape index (κ2) is 8.15. The number of benzene rings is 3. The predicted octanol–water partition coefficient (Wildman–Crippen LogP) is 7.49. The zero-order valence-electron chi connectivity index (χ0n) is 16.9. The molecule has 0 aliphatic heterocycles. The van der Waals surface area contributed by atoms with E-state index in [2.05, 4.69) is 10.3 Å². The lowest BCUT2D eigenvalue weighted by Crippen LogP contribution is -2.11. The van der Waals surface area contributed by atoms with Crippen molar-refractivity contribution >= 4 is 73.0 Å². The number of carbonyl (C=O) groups excluding carboxylic acids is 1. The highest BCUT2D eigenvalue weighted by Gasteiger charge is 2.23. The third-order valence-corrected chi connectivity index (χ3v) is 7.10. The van der Waals surface area contributed by atoms with E-state index in [9.17, 15) is 14.9 Å². The fraction of sp³-hybridized carbons (Fsp3) is 0.0435. The highest BCUT2D eigenvalue weighted by Crippen LogP contribution is 2.41. The van der Waals surface area contributed by atoms with Gasteiger partial charge in [-0.25, -0.2) is 4.98 Å². The molecule has 5 rings (SSSR count). The smallest absolute Gasteiger partial charge is 0.287 e. The van der Waals surface area contributed by atoms with Gasteiger partial charge in [-0.15, -0.1) is 11.3 Å². The van der Waals surface area contributed by atoms with Gasteiger partial charge in [0.2, 0.25) is 5.89 Å². The number of carbonyl (C=O) groups is 1. The van der Waals surface area contributed by atoms with Gasteiger partial charge in [0, 0.05) is 17.0 Å². The number of non-ortho nitro benzene ring substituents is 1. The van der Waals surface area contributed by atoms with Crippen LogP contribution in [0.1, 0.15) is 15.2 Å². The third kappa shape index (κ3) is 3.82. The summed E-state index contributed by atoms with van der Waals surface area (Å²) in [5.41, 5.74) is 3.29. The first-order valence-corrected chi connectivity index (χ1v) is 11.2. The molecule has 0 spiro atoms. The minimum atomic E-state index is -0.525. The predicted molar refractivity (Wildman–Crippen MR) is 131 cm³/mol. The van der Waals surface area contributed by atoms with Gasteiger partial charge < -0.3 is 9.73 Å². The number of oxazole rings is 1. The Hall–Kier alpha value is -3.46. The van der Waals surface area contributed by atoms with E-state index in [0.29, 0.717) is 37.8 Å². The number of aryl methyl sites for hydroxylation is 1. The molecule has 164 valence electrons. The Bertz CT molecular complexity index is 1590. The van der Waals surface area contributed by atoms with Crippen LogP contribution in [0.15, 0.2) is 59.0 Å². The van der Waals surface area contributed by atoms with Gasteiger partial charge in [0.25, 0.3) is 11.6 Å². The van der Waals surface area contributed by atoms with Crippen molar-refractivity contribution in [1.82, 2.24) is 4.98 Å². The largest absolute Gasteiger partial charge is 0.436 e. The van der Waals surface area contributed by atoms with Crippen molar-refractivity contribution in [2.24, 2.45) is 0 Å². The molecule has 5 aromatic rings. The number of nitro groups is 1. The van der Waals surface area contributed by atoms with Crippen LogP contribution < -0.4 is 5.32 Å². The number of rotatable bonds is 4. The Labute approximate surface area is 200 Å². The topological polar surface area (TPSA) is 98.3 Å². The van der Waals surface area contributed by atoms with Crippen LogP contribution in [0.2, 0.25) is 10.0 Å². The minimum Gasteiger partial charge on any atom is -0.436 e. The Morgan fingerprint density at radius 1 is 1.15 bits per heavy atom. The van der Waals surface area contributed by atoms with Gasteiger partial charge in [-0.3, -0.25) is 14.9 Å². The molecule has 0 atom stereocenters. The summed E-state index contributed by atoms with van der Waals surface area (Å²) < 4.78 is 6.17. The van der Waals surface area contributed by atoms with Crippen molar-refractivity contribution in [1.29, 1.82) is 0 Å². The molecule has 2 heterocycles. The zero-order chi connectivity index (χ0) is 23.3. The highest BCUT2D eigenvalue weighted by atomic mass is 35.5. The van der Waals surface area contributed by atoms with Crippen LogP contribution in [0.4, 0.5) is 11.4 Å². The monoisotopic (exact) mass is 497 g/mol. The standard InChI is InChI=1S/C23H13Cl2N3O4S/c1-11-5-8-18-16(9-11)27-23(32-18)12-6-7-14(24)15(10-12)26-22(29)21-19(25)13-3-2-4-17(28(30)31)20(13)33-21/h2-10H,1H3,(H,26,29). The van der Waals surface area contributed by atoms with Gasteiger partial charge in [0.15, 0.2) is 5.58 Å². The highest BCUT2D eigenvalue weighted by molar-refractivity contribution is 7.22. The summed E-state index contributed by atoms with van der Waals surface area (Å²) in [7, 11) is 0. The summed E-state index contributed by atoms with van der Waals surface area (Å²) in [6.45, 7) is 1.97. The number of fused-ring (bicyclic) bond motifs is 2. The first-order chi connectivity index (χ1) is 15.8. The van der Waals surface area contributed by atoms with Crippen LogP contribution in [0, 0.1) is 17.0 Å². The summed E-state index contributed by atoms with van der Waals surface area (Å²) in [5.74, 6) is -0.138. The number of aromatic nitrogens is 1. The summed E-state index contributed by atoms with van der Waals surface area (Å²) in [4.78, 5) is 28.5. The normalized spacial score (nSPS) is 11.2. The van der Waals surface area contributed by atoms with Gasteiger partial charge in [0.05, 0.1) is 20.7 Å². The van der Waals surface area contributed by atoms with E-state index in [-0.39, 0.29) is 15.6 Å². The molecule has 1 amide bonds. The molecule has 0 radical (unpaired) electrons. The second-order valence-corrected chi connectivity index (χ2v) is 9.10. The Morgan fingerprint density at radius 2 is 1.97 bits per heavy atom. The van der Waals surface area contributed by atoms with E-state index in [0.717, 1.165) is 22.4 Å². The molecular formula is C23H13Cl2N3O4S. The number of thiophene rings is 1. The average Bonchev–Trinajstić information content (AvgIpc) is 3.36. The summed E-state index contributed by atoms with van der Waals surface area (Å²) >= 11 is 13.7. The average molecular weight is 498 g/mol. The van der Waals surface area contributed by atoms with Crippen LogP contribution in [-0.4, -0.2) is 15.8 Å². The Morgan fingerprint density at radius 3 is 2.76 bits per heavy atom. The molecule has 0 aliphatic rings. The molecule has 7 nitrogen and oxygen atoms in total. The van der Waals surface area contributed by atoms with Crippen molar-refractivity contribution in [3.8, 4) is 11.5 Å². The van der Waals surface area contributed by atoms with Crippen LogP contribution in [0.5, 0.6) is 0 Å². The SMILES string of the molecule is Cc1ccc2oc(-c3ccc(Cl)c(NC(=O)c4sc5c([N+](=O)[O-])cccc5c4Cl)c3)nc2c1. The van der Waals surface area contributed by atoms with Crippen LogP contribution >= 0.6 is 34.5 Å². The van der Waals surface area contributed by atoms with Crippen molar-refractivity contribution in [2.45, 2.75) is 6.92 Å². The number of hydrogen-bond donors (Lipinski definition) is 1. The van der Waals surface area contributed by atoms with Crippen LogP contribution in [0.3, 0.4) is 0 Å². The van der Waals surface area contributed by atoms with Gasteiger partial charge in [-0.1, -0.05) is 41.4 Å². The van der Waals surface area contributed by atoms with Gasteiger partial charge in [-0.05, 0) is 42.8 Å². The van der Waals surface area contributed by atoms with Crippen molar-refractivity contribution in [2.75, 3.05) is 5.32 Å². The molecule has 33 heavy (non-hydrogen) atoms. The number of halogens is 2. The van der Waals surface area contributed by atoms with Gasteiger partial charge in [0.1, 0.15) is 15.1 Å². The molecule has 2 aromatic heterocycles. The molecule has 3 aromatic carbocycles. The molecule has 0 saturated heterocycles. The van der Waals surface area contributed by atoms with Crippen LogP contribution in [-0.2, 0) is 0 Å². The van der Waals surface area contributed by atoms with E-state index in [4.69, 9.17) is 27.6 Å².